The minimum absolute atomic E-state index is 0.140. The molecular weight excluding hydrogens is 367 g/mol. The van der Waals surface area contributed by atoms with Crippen molar-refractivity contribution in [3.8, 4) is 11.1 Å². The monoisotopic (exact) mass is 376 g/mol. The minimum Gasteiger partial charge on any atom is -0.465 e. The van der Waals surface area contributed by atoms with Crippen LogP contribution in [-0.2, 0) is 0 Å². The normalized spacial score (nSPS) is 10.4. The fourth-order valence-corrected chi connectivity index (χ4v) is 2.23. The highest BCUT2D eigenvalue weighted by atomic mass is 35.5. The van der Waals surface area contributed by atoms with Gasteiger partial charge in [0.2, 0.25) is 5.95 Å². The molecule has 3 aromatic rings. The summed E-state index contributed by atoms with van der Waals surface area (Å²) in [5, 5.41) is 13.3. The van der Waals surface area contributed by atoms with Gasteiger partial charge < -0.3 is 14.8 Å². The molecular formula is C16H10ClFN4O4. The maximum Gasteiger partial charge on any atom is 0.412 e. The minimum atomic E-state index is -1.37. The zero-order valence-electron chi connectivity index (χ0n) is 12.9. The Morgan fingerprint density at radius 3 is 2.62 bits per heavy atom. The number of carboxylic acid groups (broad SMARTS) is 1. The average Bonchev–Trinajstić information content (AvgIpc) is 3.05. The molecule has 2 aromatic heterocycles. The molecule has 0 radical (unpaired) electrons. The Morgan fingerprint density at radius 1 is 1.15 bits per heavy atom. The van der Waals surface area contributed by atoms with Crippen molar-refractivity contribution >= 4 is 35.3 Å². The number of benzene rings is 1. The van der Waals surface area contributed by atoms with Gasteiger partial charge in [-0.05, 0) is 29.8 Å². The second kappa shape index (κ2) is 7.19. The van der Waals surface area contributed by atoms with Crippen LogP contribution in [0.25, 0.3) is 11.1 Å². The summed E-state index contributed by atoms with van der Waals surface area (Å²) in [6.07, 6.45) is 0.982. The molecule has 0 atom stereocenters. The van der Waals surface area contributed by atoms with Gasteiger partial charge in [-0.15, -0.1) is 0 Å². The molecule has 3 N–H and O–H groups in total. The number of oxazole rings is 1. The SMILES string of the molecule is O=C(O)Nc1nc(C(=O)Nc2cc(-c3ccc(F)nc3)ccc2Cl)co1. The molecule has 1 aromatic carbocycles. The first-order valence-corrected chi connectivity index (χ1v) is 7.48. The van der Waals surface area contributed by atoms with Crippen LogP contribution in [-0.4, -0.2) is 27.1 Å². The van der Waals surface area contributed by atoms with Gasteiger partial charge in [-0.1, -0.05) is 17.7 Å². The third-order valence-electron chi connectivity index (χ3n) is 3.23. The second-order valence-corrected chi connectivity index (χ2v) is 5.39. The van der Waals surface area contributed by atoms with E-state index in [4.69, 9.17) is 21.1 Å². The van der Waals surface area contributed by atoms with Crippen LogP contribution < -0.4 is 10.6 Å². The van der Waals surface area contributed by atoms with E-state index in [2.05, 4.69) is 15.3 Å². The number of carbonyl (C=O) groups excluding carboxylic acids is 1. The summed E-state index contributed by atoms with van der Waals surface area (Å²) in [5.41, 5.74) is 1.44. The largest absolute Gasteiger partial charge is 0.465 e. The first kappa shape index (κ1) is 17.4. The number of rotatable bonds is 4. The maximum atomic E-state index is 12.9. The average molecular weight is 377 g/mol. The van der Waals surface area contributed by atoms with E-state index in [0.29, 0.717) is 11.1 Å². The predicted molar refractivity (Wildman–Crippen MR) is 90.7 cm³/mol. The molecule has 10 heteroatoms. The summed E-state index contributed by atoms with van der Waals surface area (Å²) < 4.78 is 17.8. The molecule has 2 amide bonds. The van der Waals surface area contributed by atoms with Crippen LogP contribution in [0.4, 0.5) is 20.9 Å². The van der Waals surface area contributed by atoms with Gasteiger partial charge in [-0.2, -0.15) is 9.37 Å². The summed E-state index contributed by atoms with van der Waals surface area (Å²) in [4.78, 5) is 30.0. The highest BCUT2D eigenvalue weighted by Crippen LogP contribution is 2.29. The Morgan fingerprint density at radius 2 is 1.92 bits per heavy atom. The van der Waals surface area contributed by atoms with Crippen molar-refractivity contribution in [2.75, 3.05) is 10.6 Å². The van der Waals surface area contributed by atoms with E-state index < -0.39 is 17.9 Å². The molecule has 132 valence electrons. The van der Waals surface area contributed by atoms with Crippen LogP contribution in [0.5, 0.6) is 0 Å². The van der Waals surface area contributed by atoms with Crippen molar-refractivity contribution in [2.45, 2.75) is 0 Å². The fourth-order valence-electron chi connectivity index (χ4n) is 2.06. The van der Waals surface area contributed by atoms with Crippen LogP contribution in [0.15, 0.2) is 47.2 Å². The summed E-state index contributed by atoms with van der Waals surface area (Å²) in [5.74, 6) is -1.25. The van der Waals surface area contributed by atoms with Gasteiger partial charge in [0.05, 0.1) is 10.7 Å². The molecule has 0 fully saturated rings. The number of pyridine rings is 1. The Hall–Kier alpha value is -3.46. The van der Waals surface area contributed by atoms with Crippen molar-refractivity contribution in [3.05, 3.63) is 59.5 Å². The van der Waals surface area contributed by atoms with Gasteiger partial charge >= 0.3 is 12.1 Å². The summed E-state index contributed by atoms with van der Waals surface area (Å²) in [6, 6.07) is 7.27. The lowest BCUT2D eigenvalue weighted by Gasteiger charge is -2.08. The Labute approximate surface area is 150 Å². The Balaban J connectivity index is 1.81. The lowest BCUT2D eigenvalue weighted by Crippen LogP contribution is -2.13. The van der Waals surface area contributed by atoms with Crippen molar-refractivity contribution < 1.29 is 23.5 Å². The first-order chi connectivity index (χ1) is 12.4. The number of aromatic nitrogens is 2. The van der Waals surface area contributed by atoms with Crippen molar-refractivity contribution in [3.63, 3.8) is 0 Å². The van der Waals surface area contributed by atoms with Gasteiger partial charge in [0.25, 0.3) is 5.91 Å². The molecule has 0 saturated heterocycles. The molecule has 8 nitrogen and oxygen atoms in total. The molecule has 26 heavy (non-hydrogen) atoms. The third-order valence-corrected chi connectivity index (χ3v) is 3.56. The third kappa shape index (κ3) is 3.95. The molecule has 0 spiro atoms. The van der Waals surface area contributed by atoms with E-state index in [9.17, 15) is 14.0 Å². The highest BCUT2D eigenvalue weighted by Gasteiger charge is 2.15. The number of halogens is 2. The molecule has 0 unspecified atom stereocenters. The zero-order valence-corrected chi connectivity index (χ0v) is 13.6. The number of nitrogens with zero attached hydrogens (tertiary/aromatic N) is 2. The van der Waals surface area contributed by atoms with Crippen molar-refractivity contribution in [1.82, 2.24) is 9.97 Å². The van der Waals surface area contributed by atoms with Gasteiger partial charge in [-0.25, -0.2) is 15.1 Å². The van der Waals surface area contributed by atoms with Crippen LogP contribution in [0.2, 0.25) is 5.02 Å². The lowest BCUT2D eigenvalue weighted by atomic mass is 10.1. The van der Waals surface area contributed by atoms with Gasteiger partial charge in [0.1, 0.15) is 6.26 Å². The molecule has 0 saturated carbocycles. The second-order valence-electron chi connectivity index (χ2n) is 4.99. The lowest BCUT2D eigenvalue weighted by molar-refractivity contribution is 0.102. The standard InChI is InChI=1S/C16H10ClFN4O4/c17-10-3-1-8(9-2-4-13(18)19-6-9)5-11(10)20-14(23)12-7-26-15(21-12)22-16(24)25/h1-7H,(H,20,23)(H,21,22)(H,24,25). The van der Waals surface area contributed by atoms with Crippen molar-refractivity contribution in [1.29, 1.82) is 0 Å². The van der Waals surface area contributed by atoms with Crippen LogP contribution >= 0.6 is 11.6 Å². The maximum absolute atomic E-state index is 12.9. The Bertz CT molecular complexity index is 975. The topological polar surface area (TPSA) is 117 Å². The number of hydrogen-bond donors (Lipinski definition) is 3. The van der Waals surface area contributed by atoms with E-state index in [1.165, 1.54) is 12.3 Å². The molecule has 3 rings (SSSR count). The molecule has 0 bridgehead atoms. The quantitative estimate of drug-likeness (QED) is 0.595. The molecule has 0 aliphatic rings. The number of amides is 2. The number of carbonyl (C=O) groups is 2. The summed E-state index contributed by atoms with van der Waals surface area (Å²) >= 11 is 6.09. The molecule has 0 aliphatic carbocycles. The van der Waals surface area contributed by atoms with E-state index in [1.54, 1.807) is 24.3 Å². The summed E-state index contributed by atoms with van der Waals surface area (Å²) in [7, 11) is 0. The number of hydrogen-bond acceptors (Lipinski definition) is 5. The van der Waals surface area contributed by atoms with Crippen molar-refractivity contribution in [2.24, 2.45) is 0 Å². The first-order valence-electron chi connectivity index (χ1n) is 7.10. The smallest absolute Gasteiger partial charge is 0.412 e. The fraction of sp³-hybridized carbons (Fsp3) is 0. The summed E-state index contributed by atoms with van der Waals surface area (Å²) in [6.45, 7) is 0. The Kier molecular flexibility index (Phi) is 4.81. The van der Waals surface area contributed by atoms with E-state index in [0.717, 1.165) is 6.26 Å². The van der Waals surface area contributed by atoms with Gasteiger partial charge in [-0.3, -0.25) is 4.79 Å². The van der Waals surface area contributed by atoms with Crippen LogP contribution in [0, 0.1) is 5.95 Å². The number of nitrogens with one attached hydrogen (secondary N) is 2. The van der Waals surface area contributed by atoms with Crippen LogP contribution in [0.3, 0.4) is 0 Å². The highest BCUT2D eigenvalue weighted by molar-refractivity contribution is 6.34. The zero-order chi connectivity index (χ0) is 18.7. The van der Waals surface area contributed by atoms with Gasteiger partial charge in [0, 0.05) is 11.8 Å². The van der Waals surface area contributed by atoms with E-state index in [1.807, 2.05) is 5.32 Å². The molecule has 0 aliphatic heterocycles. The number of anilines is 2. The van der Waals surface area contributed by atoms with E-state index >= 15 is 0 Å². The predicted octanol–water partition coefficient (Wildman–Crippen LogP) is 3.87. The van der Waals surface area contributed by atoms with Crippen LogP contribution in [0.1, 0.15) is 10.5 Å². The van der Waals surface area contributed by atoms with E-state index in [-0.39, 0.29) is 22.4 Å². The van der Waals surface area contributed by atoms with Gasteiger partial charge in [0.15, 0.2) is 5.69 Å². The molecule has 2 heterocycles.